The molecule has 0 saturated carbocycles. The summed E-state index contributed by atoms with van der Waals surface area (Å²) in [7, 11) is -3.88. The van der Waals surface area contributed by atoms with Gasteiger partial charge in [0.15, 0.2) is 5.82 Å². The lowest BCUT2D eigenvalue weighted by atomic mass is 10.3. The van der Waals surface area contributed by atoms with E-state index in [0.29, 0.717) is 0 Å². The van der Waals surface area contributed by atoms with E-state index >= 15 is 0 Å². The first-order valence-corrected chi connectivity index (χ1v) is 8.79. The van der Waals surface area contributed by atoms with Gasteiger partial charge in [-0.25, -0.2) is 18.1 Å². The number of nitrogens with zero attached hydrogens (tertiary/aromatic N) is 3. The molecule has 0 aliphatic carbocycles. The molecule has 1 amide bonds. The quantitative estimate of drug-likeness (QED) is 0.727. The van der Waals surface area contributed by atoms with Crippen LogP contribution in [0, 0.1) is 0 Å². The van der Waals surface area contributed by atoms with Crippen molar-refractivity contribution in [3.63, 3.8) is 0 Å². The number of sulfonamides is 1. The van der Waals surface area contributed by atoms with E-state index in [9.17, 15) is 13.2 Å². The van der Waals surface area contributed by atoms with E-state index in [4.69, 9.17) is 0 Å². The van der Waals surface area contributed by atoms with Gasteiger partial charge in [0.25, 0.3) is 10.0 Å². The lowest BCUT2D eigenvalue weighted by molar-refractivity contribution is -0.114. The lowest BCUT2D eigenvalue weighted by Crippen LogP contribution is -2.16. The average Bonchev–Trinajstić information content (AvgIpc) is 3.08. The summed E-state index contributed by atoms with van der Waals surface area (Å²) in [4.78, 5) is 15.2. The molecule has 3 aromatic rings. The van der Waals surface area contributed by atoms with Crippen molar-refractivity contribution in [2.75, 3.05) is 10.0 Å². The number of carbonyl (C=O) groups excluding carboxylic acids is 1. The number of aromatic nitrogens is 3. The number of pyridine rings is 1. The summed E-state index contributed by atoms with van der Waals surface area (Å²) in [5.74, 6) is -0.218. The predicted molar refractivity (Wildman–Crippen MR) is 92.9 cm³/mol. The highest BCUT2D eigenvalue weighted by Gasteiger charge is 2.19. The smallest absolute Gasteiger partial charge is 0.265 e. The monoisotopic (exact) mass is 357 g/mol. The molecule has 0 bridgehead atoms. The fourth-order valence-corrected chi connectivity index (χ4v) is 3.12. The topological polar surface area (TPSA) is 106 Å². The Kier molecular flexibility index (Phi) is 4.48. The van der Waals surface area contributed by atoms with Crippen LogP contribution in [0.25, 0.3) is 5.69 Å². The fraction of sp³-hybridized carbons (Fsp3) is 0.0625. The zero-order valence-corrected chi connectivity index (χ0v) is 14.1. The van der Waals surface area contributed by atoms with Gasteiger partial charge in [-0.1, -0.05) is 18.2 Å². The van der Waals surface area contributed by atoms with Crippen molar-refractivity contribution in [2.24, 2.45) is 0 Å². The van der Waals surface area contributed by atoms with E-state index < -0.39 is 10.0 Å². The molecule has 0 unspecified atom stereocenters. The summed E-state index contributed by atoms with van der Waals surface area (Å²) in [6, 6.07) is 12.2. The van der Waals surface area contributed by atoms with E-state index in [1.54, 1.807) is 6.07 Å². The second kappa shape index (κ2) is 6.73. The Morgan fingerprint density at radius 3 is 2.60 bits per heavy atom. The molecule has 9 heteroatoms. The number of hydrogen-bond donors (Lipinski definition) is 2. The molecule has 0 saturated heterocycles. The molecular weight excluding hydrogens is 342 g/mol. The van der Waals surface area contributed by atoms with Crippen molar-refractivity contribution in [3.8, 4) is 5.69 Å². The molecular formula is C16H15N5O3S. The van der Waals surface area contributed by atoms with Gasteiger partial charge in [-0.05, 0) is 24.3 Å². The number of nitrogens with one attached hydrogen (secondary N) is 2. The van der Waals surface area contributed by atoms with Crippen LogP contribution in [0.15, 0.2) is 66.0 Å². The number of hydrogen-bond acceptors (Lipinski definition) is 5. The van der Waals surface area contributed by atoms with Crippen molar-refractivity contribution in [3.05, 3.63) is 61.1 Å². The number of benzene rings is 1. The minimum atomic E-state index is -3.88. The fourth-order valence-electron chi connectivity index (χ4n) is 2.12. The predicted octanol–water partition coefficient (Wildman–Crippen LogP) is 2.03. The third-order valence-electron chi connectivity index (χ3n) is 3.24. The van der Waals surface area contributed by atoms with Gasteiger partial charge in [-0.15, -0.1) is 0 Å². The highest BCUT2D eigenvalue weighted by atomic mass is 32.2. The van der Waals surface area contributed by atoms with Crippen LogP contribution in [0.3, 0.4) is 0 Å². The molecule has 2 aromatic heterocycles. The van der Waals surface area contributed by atoms with Gasteiger partial charge in [0, 0.05) is 13.1 Å². The van der Waals surface area contributed by atoms with Gasteiger partial charge >= 0.3 is 0 Å². The van der Waals surface area contributed by atoms with E-state index in [2.05, 4.69) is 20.1 Å². The summed E-state index contributed by atoms with van der Waals surface area (Å²) in [6.45, 7) is 1.32. The van der Waals surface area contributed by atoms with Crippen LogP contribution in [0.4, 0.5) is 11.5 Å². The van der Waals surface area contributed by atoms with Crippen LogP contribution in [-0.2, 0) is 14.8 Å². The van der Waals surface area contributed by atoms with Crippen LogP contribution in [0.1, 0.15) is 6.92 Å². The number of para-hydroxylation sites is 1. The second-order valence-electron chi connectivity index (χ2n) is 5.14. The average molecular weight is 357 g/mol. The first-order chi connectivity index (χ1) is 12.0. The molecule has 0 radical (unpaired) electrons. The summed E-state index contributed by atoms with van der Waals surface area (Å²) in [5, 5.41) is 6.56. The molecule has 2 N–H and O–H groups in total. The van der Waals surface area contributed by atoms with Crippen LogP contribution in [-0.4, -0.2) is 29.1 Å². The van der Waals surface area contributed by atoms with Gasteiger partial charge in [-0.3, -0.25) is 9.52 Å². The van der Waals surface area contributed by atoms with Gasteiger partial charge in [-0.2, -0.15) is 5.10 Å². The van der Waals surface area contributed by atoms with Crippen LogP contribution in [0.5, 0.6) is 0 Å². The summed E-state index contributed by atoms with van der Waals surface area (Å²) in [6.07, 6.45) is 4.12. The first-order valence-electron chi connectivity index (χ1n) is 7.31. The van der Waals surface area contributed by atoms with E-state index in [1.165, 1.54) is 36.3 Å². The summed E-state index contributed by atoms with van der Waals surface area (Å²) in [5.41, 5.74) is 0.912. The number of rotatable bonds is 5. The highest BCUT2D eigenvalue weighted by Crippen LogP contribution is 2.22. The molecule has 1 aromatic carbocycles. The van der Waals surface area contributed by atoms with E-state index in [1.807, 2.05) is 30.3 Å². The molecule has 0 aliphatic rings. The van der Waals surface area contributed by atoms with E-state index in [0.717, 1.165) is 5.69 Å². The molecule has 8 nitrogen and oxygen atoms in total. The molecule has 0 fully saturated rings. The molecule has 0 atom stereocenters. The maximum absolute atomic E-state index is 12.6. The largest absolute Gasteiger partial charge is 0.309 e. The Balaban J connectivity index is 1.89. The second-order valence-corrected chi connectivity index (χ2v) is 6.82. The number of anilines is 2. The van der Waals surface area contributed by atoms with Crippen LogP contribution in [0.2, 0.25) is 0 Å². The van der Waals surface area contributed by atoms with Crippen LogP contribution < -0.4 is 10.0 Å². The van der Waals surface area contributed by atoms with Crippen molar-refractivity contribution < 1.29 is 13.2 Å². The van der Waals surface area contributed by atoms with Gasteiger partial charge < -0.3 is 5.32 Å². The number of amides is 1. The maximum atomic E-state index is 12.6. The third kappa shape index (κ3) is 3.83. The standard InChI is InChI=1S/C16H15N5O3S/c1-12(22)19-16-15(8-5-9-17-16)20-25(23,24)14-10-18-21(11-14)13-6-3-2-4-7-13/h2-11,20H,1H3,(H,17,19,22). The third-order valence-corrected chi connectivity index (χ3v) is 4.56. The molecule has 128 valence electrons. The number of carbonyl (C=O) groups is 1. The lowest BCUT2D eigenvalue weighted by Gasteiger charge is -2.10. The van der Waals surface area contributed by atoms with Gasteiger partial charge in [0.05, 0.1) is 23.8 Å². The SMILES string of the molecule is CC(=O)Nc1ncccc1NS(=O)(=O)c1cnn(-c2ccccc2)c1. The molecule has 0 aliphatic heterocycles. The Morgan fingerprint density at radius 2 is 1.88 bits per heavy atom. The zero-order chi connectivity index (χ0) is 17.9. The first kappa shape index (κ1) is 16.7. The van der Waals surface area contributed by atoms with Crippen molar-refractivity contribution in [1.29, 1.82) is 0 Å². The van der Waals surface area contributed by atoms with Crippen LogP contribution >= 0.6 is 0 Å². The minimum Gasteiger partial charge on any atom is -0.309 e. The maximum Gasteiger partial charge on any atom is 0.265 e. The summed E-state index contributed by atoms with van der Waals surface area (Å²) >= 11 is 0. The van der Waals surface area contributed by atoms with Gasteiger partial charge in [0.2, 0.25) is 5.91 Å². The molecule has 0 spiro atoms. The Bertz CT molecular complexity index is 999. The molecule has 25 heavy (non-hydrogen) atoms. The zero-order valence-electron chi connectivity index (χ0n) is 13.2. The summed E-state index contributed by atoms with van der Waals surface area (Å²) < 4.78 is 29.0. The molecule has 3 rings (SSSR count). The Hall–Kier alpha value is -3.20. The molecule has 2 heterocycles. The Morgan fingerprint density at radius 1 is 1.12 bits per heavy atom. The Labute approximate surface area is 144 Å². The van der Waals surface area contributed by atoms with Crippen molar-refractivity contribution in [1.82, 2.24) is 14.8 Å². The normalized spacial score (nSPS) is 11.1. The minimum absolute atomic E-state index is 0.00557. The van der Waals surface area contributed by atoms with Crippen molar-refractivity contribution >= 4 is 27.4 Å². The van der Waals surface area contributed by atoms with E-state index in [-0.39, 0.29) is 22.3 Å². The van der Waals surface area contributed by atoms with Gasteiger partial charge in [0.1, 0.15) is 4.90 Å². The highest BCUT2D eigenvalue weighted by molar-refractivity contribution is 7.92. The van der Waals surface area contributed by atoms with Crippen molar-refractivity contribution in [2.45, 2.75) is 11.8 Å².